The van der Waals surface area contributed by atoms with Crippen LogP contribution in [0.5, 0.6) is 0 Å². The van der Waals surface area contributed by atoms with Crippen molar-refractivity contribution in [3.05, 3.63) is 35.4 Å². The van der Waals surface area contributed by atoms with Crippen LogP contribution in [0.1, 0.15) is 31.4 Å². The lowest BCUT2D eigenvalue weighted by Crippen LogP contribution is -2.19. The minimum Gasteiger partial charge on any atom is -0.380 e. The Morgan fingerprint density at radius 1 is 1.11 bits per heavy atom. The van der Waals surface area contributed by atoms with Crippen molar-refractivity contribution in [2.75, 3.05) is 19.8 Å². The van der Waals surface area contributed by atoms with Crippen molar-refractivity contribution in [1.29, 1.82) is 0 Å². The lowest BCUT2D eigenvalue weighted by molar-refractivity contribution is 0.125. The van der Waals surface area contributed by atoms with Crippen molar-refractivity contribution in [2.45, 2.75) is 32.7 Å². The zero-order valence-electron chi connectivity index (χ0n) is 11.4. The summed E-state index contributed by atoms with van der Waals surface area (Å²) in [5.41, 5.74) is 2.45. The molecule has 0 fully saturated rings. The van der Waals surface area contributed by atoms with Gasteiger partial charge >= 0.3 is 0 Å². The smallest absolute Gasteiger partial charge is 0.0591 e. The number of hydrogen-bond donors (Lipinski definition) is 1. The Kier molecular flexibility index (Phi) is 8.06. The molecule has 0 amide bonds. The molecule has 0 aliphatic carbocycles. The van der Waals surface area contributed by atoms with Crippen LogP contribution in [0, 0.1) is 5.92 Å². The summed E-state index contributed by atoms with van der Waals surface area (Å²) in [5, 5.41) is 3.37. The van der Waals surface area contributed by atoms with E-state index in [9.17, 15) is 0 Å². The average Bonchev–Trinajstić information content (AvgIpc) is 2.38. The van der Waals surface area contributed by atoms with Crippen LogP contribution in [0.15, 0.2) is 24.3 Å². The van der Waals surface area contributed by atoms with Crippen LogP contribution in [-0.4, -0.2) is 19.8 Å². The summed E-state index contributed by atoms with van der Waals surface area (Å²) in [6.45, 7) is 7.86. The molecule has 1 rings (SSSR count). The number of nitrogens with one attached hydrogen (secondary N) is 1. The lowest BCUT2D eigenvalue weighted by atomic mass is 10.1. The Labute approximate surface area is 116 Å². The van der Waals surface area contributed by atoms with Crippen LogP contribution in [0.3, 0.4) is 0 Å². The summed E-state index contributed by atoms with van der Waals surface area (Å²) in [4.78, 5) is 0. The fourth-order valence-electron chi connectivity index (χ4n) is 1.54. The Hall–Kier alpha value is -0.570. The van der Waals surface area contributed by atoms with Gasteiger partial charge in [0.2, 0.25) is 0 Å². The van der Waals surface area contributed by atoms with Crippen LogP contribution in [0.25, 0.3) is 0 Å². The predicted octanol–water partition coefficient (Wildman–Crippen LogP) is 3.58. The number of alkyl halides is 1. The molecule has 0 aliphatic rings. The molecule has 0 unspecified atom stereocenters. The molecule has 0 radical (unpaired) electrons. The fraction of sp³-hybridized carbons (Fsp3) is 0.600. The van der Waals surface area contributed by atoms with Crippen LogP contribution < -0.4 is 5.32 Å². The summed E-state index contributed by atoms with van der Waals surface area (Å²) in [6, 6.07) is 8.38. The number of halogens is 1. The number of rotatable bonds is 9. The number of hydrogen-bond acceptors (Lipinski definition) is 2. The second-order valence-corrected chi connectivity index (χ2v) is 5.19. The number of ether oxygens (including phenoxy) is 1. The van der Waals surface area contributed by atoms with Crippen LogP contribution in [0.4, 0.5) is 0 Å². The topological polar surface area (TPSA) is 21.3 Å². The van der Waals surface area contributed by atoms with E-state index >= 15 is 0 Å². The molecule has 102 valence electrons. The maximum atomic E-state index is 5.74. The van der Waals surface area contributed by atoms with Crippen molar-refractivity contribution in [2.24, 2.45) is 5.92 Å². The monoisotopic (exact) mass is 269 g/mol. The van der Waals surface area contributed by atoms with Gasteiger partial charge in [-0.2, -0.15) is 0 Å². The van der Waals surface area contributed by atoms with Gasteiger partial charge in [-0.3, -0.25) is 0 Å². The maximum Gasteiger partial charge on any atom is 0.0591 e. The maximum absolute atomic E-state index is 5.74. The van der Waals surface area contributed by atoms with Crippen molar-refractivity contribution < 1.29 is 4.74 Å². The first-order valence-electron chi connectivity index (χ1n) is 6.64. The summed E-state index contributed by atoms with van der Waals surface area (Å²) in [7, 11) is 0. The Balaban J connectivity index is 2.03. The third-order valence-electron chi connectivity index (χ3n) is 2.77. The zero-order chi connectivity index (χ0) is 13.2. The second-order valence-electron chi connectivity index (χ2n) is 4.92. The van der Waals surface area contributed by atoms with Crippen molar-refractivity contribution in [3.63, 3.8) is 0 Å². The molecular weight excluding hydrogens is 246 g/mol. The van der Waals surface area contributed by atoms with E-state index in [1.54, 1.807) is 0 Å². The van der Waals surface area contributed by atoms with E-state index in [1.165, 1.54) is 5.56 Å². The summed E-state index contributed by atoms with van der Waals surface area (Å²) >= 11 is 5.74. The first kappa shape index (κ1) is 15.5. The predicted molar refractivity (Wildman–Crippen MR) is 78.0 cm³/mol. The SMILES string of the molecule is CC(C)CCOCCNCc1ccc(CCl)cc1. The van der Waals surface area contributed by atoms with Gasteiger partial charge in [0.15, 0.2) is 0 Å². The van der Waals surface area contributed by atoms with Crippen molar-refractivity contribution >= 4 is 11.6 Å². The minimum atomic E-state index is 0.581. The first-order valence-corrected chi connectivity index (χ1v) is 7.18. The molecule has 0 aromatic heterocycles. The molecule has 0 bridgehead atoms. The van der Waals surface area contributed by atoms with Gasteiger partial charge in [0.1, 0.15) is 0 Å². The summed E-state index contributed by atoms with van der Waals surface area (Å²) < 4.78 is 5.54. The van der Waals surface area contributed by atoms with E-state index in [2.05, 4.69) is 43.4 Å². The normalized spacial score (nSPS) is 11.1. The Bertz CT molecular complexity index is 311. The molecule has 0 atom stereocenters. The van der Waals surface area contributed by atoms with Gasteiger partial charge in [0, 0.05) is 25.6 Å². The van der Waals surface area contributed by atoms with Gasteiger partial charge in [0.25, 0.3) is 0 Å². The average molecular weight is 270 g/mol. The van der Waals surface area contributed by atoms with E-state index in [0.717, 1.165) is 44.2 Å². The van der Waals surface area contributed by atoms with E-state index in [0.29, 0.717) is 5.88 Å². The van der Waals surface area contributed by atoms with Gasteiger partial charge in [-0.05, 0) is 23.5 Å². The highest BCUT2D eigenvalue weighted by molar-refractivity contribution is 6.17. The first-order chi connectivity index (χ1) is 8.72. The molecule has 18 heavy (non-hydrogen) atoms. The minimum absolute atomic E-state index is 0.581. The van der Waals surface area contributed by atoms with E-state index in [-0.39, 0.29) is 0 Å². The van der Waals surface area contributed by atoms with E-state index < -0.39 is 0 Å². The number of benzene rings is 1. The molecule has 1 aromatic carbocycles. The van der Waals surface area contributed by atoms with Gasteiger partial charge in [-0.15, -0.1) is 11.6 Å². The lowest BCUT2D eigenvalue weighted by Gasteiger charge is -2.08. The van der Waals surface area contributed by atoms with Crippen LogP contribution >= 0.6 is 11.6 Å². The molecule has 1 N–H and O–H groups in total. The Morgan fingerprint density at radius 2 is 1.78 bits per heavy atom. The molecule has 0 spiro atoms. The quantitative estimate of drug-likeness (QED) is 0.547. The molecule has 0 saturated heterocycles. The van der Waals surface area contributed by atoms with Crippen LogP contribution in [0.2, 0.25) is 0 Å². The fourth-order valence-corrected chi connectivity index (χ4v) is 1.72. The Morgan fingerprint density at radius 3 is 2.39 bits per heavy atom. The second kappa shape index (κ2) is 9.37. The summed E-state index contributed by atoms with van der Waals surface area (Å²) in [5.74, 6) is 1.30. The third kappa shape index (κ3) is 7.00. The highest BCUT2D eigenvalue weighted by atomic mass is 35.5. The van der Waals surface area contributed by atoms with Crippen molar-refractivity contribution in [1.82, 2.24) is 5.32 Å². The highest BCUT2D eigenvalue weighted by Crippen LogP contribution is 2.06. The molecule has 1 aromatic rings. The van der Waals surface area contributed by atoms with Gasteiger partial charge in [0.05, 0.1) is 6.61 Å². The van der Waals surface area contributed by atoms with Crippen LogP contribution in [-0.2, 0) is 17.2 Å². The molecule has 0 saturated carbocycles. The standard InChI is InChI=1S/C15H24ClNO/c1-13(2)7-9-18-10-8-17-12-15-5-3-14(11-16)4-6-15/h3-6,13,17H,7-12H2,1-2H3. The molecule has 0 heterocycles. The largest absolute Gasteiger partial charge is 0.380 e. The summed E-state index contributed by atoms with van der Waals surface area (Å²) in [6.07, 6.45) is 1.14. The van der Waals surface area contributed by atoms with Gasteiger partial charge < -0.3 is 10.1 Å². The molecule has 3 heteroatoms. The molecular formula is C15H24ClNO. The third-order valence-corrected chi connectivity index (χ3v) is 3.08. The molecule has 2 nitrogen and oxygen atoms in total. The van der Waals surface area contributed by atoms with Crippen molar-refractivity contribution in [3.8, 4) is 0 Å². The van der Waals surface area contributed by atoms with Gasteiger partial charge in [-0.25, -0.2) is 0 Å². The van der Waals surface area contributed by atoms with Gasteiger partial charge in [-0.1, -0.05) is 38.1 Å². The van der Waals surface area contributed by atoms with E-state index in [1.807, 2.05) is 0 Å². The van der Waals surface area contributed by atoms with E-state index in [4.69, 9.17) is 16.3 Å². The molecule has 0 aliphatic heterocycles. The highest BCUT2D eigenvalue weighted by Gasteiger charge is 1.95. The zero-order valence-corrected chi connectivity index (χ0v) is 12.2.